The van der Waals surface area contributed by atoms with E-state index >= 15 is 0 Å². The number of phenols is 1. The number of rotatable bonds is 3. The first-order valence-corrected chi connectivity index (χ1v) is 5.19. The van der Waals surface area contributed by atoms with Crippen molar-refractivity contribution in [3.8, 4) is 5.75 Å². The Labute approximate surface area is 98.6 Å². The third-order valence-corrected chi connectivity index (χ3v) is 2.45. The second-order valence-corrected chi connectivity index (χ2v) is 3.67. The maximum Gasteiger partial charge on any atom is 0.308 e. The van der Waals surface area contributed by atoms with Crippen LogP contribution in [-0.2, 0) is 14.4 Å². The van der Waals surface area contributed by atoms with E-state index in [1.165, 1.54) is 7.11 Å². The van der Waals surface area contributed by atoms with E-state index in [2.05, 4.69) is 10.2 Å². The molecule has 1 aliphatic rings. The first-order valence-electron chi connectivity index (χ1n) is 5.19. The summed E-state index contributed by atoms with van der Waals surface area (Å²) in [6, 6.07) is 6.70. The molecule has 0 bridgehead atoms. The van der Waals surface area contributed by atoms with Crippen LogP contribution in [0.25, 0.3) is 5.70 Å². The monoisotopic (exact) mass is 235 g/mol. The minimum absolute atomic E-state index is 0.172. The number of nitrogens with one attached hydrogen (secondary N) is 1. The summed E-state index contributed by atoms with van der Waals surface area (Å²) in [6.45, 7) is 0. The summed E-state index contributed by atoms with van der Waals surface area (Å²) >= 11 is 0. The molecule has 17 heavy (non-hydrogen) atoms. The molecule has 5 heteroatoms. The molecule has 0 radical (unpaired) electrons. The largest absolute Gasteiger partial charge is 0.508 e. The van der Waals surface area contributed by atoms with Crippen molar-refractivity contribution in [1.29, 1.82) is 0 Å². The summed E-state index contributed by atoms with van der Waals surface area (Å²) in [5, 5.41) is 9.17. The summed E-state index contributed by atoms with van der Waals surface area (Å²) < 4.78 is 4.56. The van der Waals surface area contributed by atoms with Gasteiger partial charge in [0.2, 0.25) is 0 Å². The van der Waals surface area contributed by atoms with E-state index in [1.54, 1.807) is 24.3 Å². The molecule has 1 heterocycles. The molecular weight excluding hydrogens is 222 g/mol. The van der Waals surface area contributed by atoms with E-state index in [0.29, 0.717) is 0 Å². The molecule has 0 unspecified atom stereocenters. The van der Waals surface area contributed by atoms with Gasteiger partial charge in [0.15, 0.2) is 0 Å². The van der Waals surface area contributed by atoms with Gasteiger partial charge in [-0.25, -0.2) is 0 Å². The number of hydroxylamine groups is 1. The lowest BCUT2D eigenvalue weighted by molar-refractivity contribution is -0.143. The third-order valence-electron chi connectivity index (χ3n) is 2.45. The van der Waals surface area contributed by atoms with E-state index in [1.807, 2.05) is 6.08 Å². The number of carbonyl (C=O) groups is 1. The standard InChI is InChI=1S/C12H13NO4/c1-16-12(15)7-10-6-11(13-17-10)8-2-4-9(14)5-3-8/h2-6,10,13-14H,7H2,1H3/t10-/m1/s1. The van der Waals surface area contributed by atoms with E-state index in [9.17, 15) is 9.90 Å². The number of hydrogen-bond donors (Lipinski definition) is 2. The lowest BCUT2D eigenvalue weighted by atomic mass is 10.1. The Hall–Kier alpha value is -2.01. The first-order chi connectivity index (χ1) is 8.19. The highest BCUT2D eigenvalue weighted by molar-refractivity contribution is 5.72. The molecule has 1 aromatic rings. The molecule has 0 spiro atoms. The summed E-state index contributed by atoms with van der Waals surface area (Å²) in [5.41, 5.74) is 4.40. The van der Waals surface area contributed by atoms with E-state index in [-0.39, 0.29) is 24.2 Å². The average molecular weight is 235 g/mol. The minimum Gasteiger partial charge on any atom is -0.508 e. The summed E-state index contributed by atoms with van der Waals surface area (Å²) in [4.78, 5) is 16.3. The molecule has 0 aromatic heterocycles. The van der Waals surface area contributed by atoms with Gasteiger partial charge < -0.3 is 9.84 Å². The smallest absolute Gasteiger partial charge is 0.308 e. The molecule has 90 valence electrons. The zero-order chi connectivity index (χ0) is 12.3. The van der Waals surface area contributed by atoms with Gasteiger partial charge in [0.05, 0.1) is 19.2 Å². The van der Waals surface area contributed by atoms with Crippen molar-refractivity contribution in [3.63, 3.8) is 0 Å². The molecule has 5 nitrogen and oxygen atoms in total. The maximum atomic E-state index is 11.1. The molecule has 0 amide bonds. The van der Waals surface area contributed by atoms with Crippen LogP contribution >= 0.6 is 0 Å². The predicted octanol–water partition coefficient (Wildman–Crippen LogP) is 1.20. The Bertz CT molecular complexity index is 438. The number of phenolic OH excluding ortho intramolecular Hbond substituents is 1. The molecule has 0 aliphatic carbocycles. The lowest BCUT2D eigenvalue weighted by Gasteiger charge is -2.05. The molecule has 0 fully saturated rings. The topological polar surface area (TPSA) is 67.8 Å². The average Bonchev–Trinajstić information content (AvgIpc) is 2.78. The Balaban J connectivity index is 2.06. The van der Waals surface area contributed by atoms with E-state index < -0.39 is 0 Å². The molecule has 1 aliphatic heterocycles. The fourth-order valence-electron chi connectivity index (χ4n) is 1.54. The van der Waals surface area contributed by atoms with Crippen molar-refractivity contribution in [2.24, 2.45) is 0 Å². The normalized spacial score (nSPS) is 18.4. The van der Waals surface area contributed by atoms with Crippen LogP contribution in [0.15, 0.2) is 30.3 Å². The Morgan fingerprint density at radius 1 is 1.47 bits per heavy atom. The van der Waals surface area contributed by atoms with Gasteiger partial charge in [0, 0.05) is 0 Å². The highest BCUT2D eigenvalue weighted by atomic mass is 16.7. The number of hydrogen-bond acceptors (Lipinski definition) is 5. The van der Waals surface area contributed by atoms with Gasteiger partial charge in [0.25, 0.3) is 0 Å². The van der Waals surface area contributed by atoms with Crippen LogP contribution in [-0.4, -0.2) is 24.3 Å². The molecular formula is C12H13NO4. The van der Waals surface area contributed by atoms with Crippen molar-refractivity contribution < 1.29 is 19.5 Å². The second kappa shape index (κ2) is 4.88. The van der Waals surface area contributed by atoms with Crippen LogP contribution in [0.2, 0.25) is 0 Å². The zero-order valence-corrected chi connectivity index (χ0v) is 9.34. The molecule has 0 saturated heterocycles. The third kappa shape index (κ3) is 2.76. The van der Waals surface area contributed by atoms with Crippen molar-refractivity contribution in [2.75, 3.05) is 7.11 Å². The quantitative estimate of drug-likeness (QED) is 0.770. The van der Waals surface area contributed by atoms with Gasteiger partial charge in [-0.2, -0.15) is 0 Å². The van der Waals surface area contributed by atoms with Crippen molar-refractivity contribution >= 4 is 11.7 Å². The van der Waals surface area contributed by atoms with Gasteiger partial charge in [0.1, 0.15) is 11.9 Å². The number of benzene rings is 1. The fraction of sp³-hybridized carbons (Fsp3) is 0.250. The summed E-state index contributed by atoms with van der Waals surface area (Å²) in [7, 11) is 1.34. The van der Waals surface area contributed by atoms with Crippen LogP contribution < -0.4 is 5.48 Å². The molecule has 2 rings (SSSR count). The highest BCUT2D eigenvalue weighted by Gasteiger charge is 2.20. The molecule has 1 aromatic carbocycles. The van der Waals surface area contributed by atoms with Crippen molar-refractivity contribution in [3.05, 3.63) is 35.9 Å². The maximum absolute atomic E-state index is 11.1. The van der Waals surface area contributed by atoms with E-state index in [4.69, 9.17) is 4.84 Å². The van der Waals surface area contributed by atoms with Crippen LogP contribution in [0.4, 0.5) is 0 Å². The van der Waals surface area contributed by atoms with Gasteiger partial charge in [-0.05, 0) is 35.9 Å². The molecule has 0 saturated carbocycles. The van der Waals surface area contributed by atoms with Crippen LogP contribution in [0.3, 0.4) is 0 Å². The number of aromatic hydroxyl groups is 1. The minimum atomic E-state index is -0.328. The Morgan fingerprint density at radius 3 is 2.82 bits per heavy atom. The lowest BCUT2D eigenvalue weighted by Crippen LogP contribution is -2.16. The zero-order valence-electron chi connectivity index (χ0n) is 9.34. The number of methoxy groups -OCH3 is 1. The highest BCUT2D eigenvalue weighted by Crippen LogP contribution is 2.21. The number of ether oxygens (including phenoxy) is 1. The number of esters is 1. The van der Waals surface area contributed by atoms with Crippen LogP contribution in [0.5, 0.6) is 5.75 Å². The second-order valence-electron chi connectivity index (χ2n) is 3.67. The van der Waals surface area contributed by atoms with Gasteiger partial charge in [-0.15, -0.1) is 0 Å². The Morgan fingerprint density at radius 2 is 2.18 bits per heavy atom. The summed E-state index contributed by atoms with van der Waals surface area (Å²) in [6.07, 6.45) is 1.65. The number of carbonyl (C=O) groups excluding carboxylic acids is 1. The first kappa shape index (κ1) is 11.5. The van der Waals surface area contributed by atoms with Gasteiger partial charge >= 0.3 is 5.97 Å². The fourth-order valence-corrected chi connectivity index (χ4v) is 1.54. The van der Waals surface area contributed by atoms with Crippen molar-refractivity contribution in [2.45, 2.75) is 12.5 Å². The van der Waals surface area contributed by atoms with Gasteiger partial charge in [-0.3, -0.25) is 15.1 Å². The van der Waals surface area contributed by atoms with Crippen LogP contribution in [0, 0.1) is 0 Å². The summed E-state index contributed by atoms with van der Waals surface area (Å²) in [5.74, 6) is -0.112. The van der Waals surface area contributed by atoms with Crippen LogP contribution in [0.1, 0.15) is 12.0 Å². The predicted molar refractivity (Wildman–Crippen MR) is 60.7 cm³/mol. The Kier molecular flexibility index (Phi) is 3.30. The molecule has 1 atom stereocenters. The van der Waals surface area contributed by atoms with E-state index in [0.717, 1.165) is 11.3 Å². The van der Waals surface area contributed by atoms with Gasteiger partial charge in [-0.1, -0.05) is 0 Å². The SMILES string of the molecule is COC(=O)C[C@H]1C=C(c2ccc(O)cc2)NO1. The molecule has 2 N–H and O–H groups in total. The van der Waals surface area contributed by atoms with Crippen molar-refractivity contribution in [1.82, 2.24) is 5.48 Å².